The molecule has 60 heavy (non-hydrogen) atoms. The third kappa shape index (κ3) is 26.0. The number of rotatable bonds is 26. The van der Waals surface area contributed by atoms with Crippen molar-refractivity contribution in [3.63, 3.8) is 0 Å². The zero-order valence-electron chi connectivity index (χ0n) is 32.8. The van der Waals surface area contributed by atoms with E-state index in [0.29, 0.717) is 12.8 Å². The van der Waals surface area contributed by atoms with Crippen LogP contribution >= 0.6 is 23.5 Å². The predicted molar refractivity (Wildman–Crippen MR) is 211 cm³/mol. The normalized spacial score (nSPS) is 21.1. The van der Waals surface area contributed by atoms with Gasteiger partial charge in [-0.25, -0.2) is 18.5 Å². The fourth-order valence-electron chi connectivity index (χ4n) is 5.41. The molecular formula is C38H51O19P3. The highest BCUT2D eigenvalue weighted by Gasteiger charge is 2.56. The van der Waals surface area contributed by atoms with Gasteiger partial charge in [-0.2, -0.15) is 0 Å². The molecule has 1 rings (SSSR count). The zero-order chi connectivity index (χ0) is 45.0. The summed E-state index contributed by atoms with van der Waals surface area (Å²) in [6.45, 7) is 0.339. The average molecular weight is 905 g/mol. The summed E-state index contributed by atoms with van der Waals surface area (Å²) >= 11 is 0. The first-order valence-electron chi connectivity index (χ1n) is 18.8. The van der Waals surface area contributed by atoms with Crippen molar-refractivity contribution in [1.82, 2.24) is 0 Å². The summed E-state index contributed by atoms with van der Waals surface area (Å²) in [5, 5.41) is 31.6. The molecule has 332 valence electrons. The van der Waals surface area contributed by atoms with Crippen molar-refractivity contribution in [2.75, 3.05) is 13.2 Å². The highest BCUT2D eigenvalue weighted by atomic mass is 31.2. The molecule has 8 atom stereocenters. The van der Waals surface area contributed by atoms with Crippen molar-refractivity contribution in [3.05, 3.63) is 0 Å². The maximum atomic E-state index is 13.0. The number of ether oxygens (including phenoxy) is 2. The average Bonchev–Trinajstić information content (AvgIpc) is 3.16. The monoisotopic (exact) mass is 904 g/mol. The van der Waals surface area contributed by atoms with Gasteiger partial charge in [0, 0.05) is 12.3 Å². The third-order valence-corrected chi connectivity index (χ3v) is 10.2. The molecular weight excluding hydrogens is 853 g/mol. The number of esters is 2. The number of phosphoric ester groups is 3. The van der Waals surface area contributed by atoms with E-state index in [0.717, 1.165) is 25.7 Å². The lowest BCUT2D eigenvalue weighted by Crippen LogP contribution is -2.65. The first kappa shape index (κ1) is 54.5. The topological polar surface area (TPSA) is 303 Å². The maximum Gasteiger partial charge on any atom is 0.472 e. The Hall–Kier alpha value is -3.49. The van der Waals surface area contributed by atoms with E-state index in [1.54, 1.807) is 0 Å². The molecule has 0 radical (unpaired) electrons. The Balaban J connectivity index is 2.97. The first-order chi connectivity index (χ1) is 28.3. The van der Waals surface area contributed by atoms with Crippen molar-refractivity contribution in [1.29, 1.82) is 0 Å². The smallest absolute Gasteiger partial charge is 0.456 e. The van der Waals surface area contributed by atoms with Gasteiger partial charge in [-0.15, -0.1) is 6.42 Å². The lowest BCUT2D eigenvalue weighted by molar-refractivity contribution is -0.213. The molecule has 0 aromatic rings. The van der Waals surface area contributed by atoms with E-state index >= 15 is 0 Å². The van der Waals surface area contributed by atoms with Crippen molar-refractivity contribution in [2.45, 2.75) is 140 Å². The molecule has 0 amide bonds. The third-order valence-electron chi connectivity index (χ3n) is 8.14. The molecule has 22 heteroatoms. The molecule has 1 aliphatic carbocycles. The number of aliphatic hydroxyl groups is 3. The van der Waals surface area contributed by atoms with Gasteiger partial charge in [0.2, 0.25) is 0 Å². The quantitative estimate of drug-likeness (QED) is 0.0203. The summed E-state index contributed by atoms with van der Waals surface area (Å²) < 4.78 is 64.4. The molecule has 8 N–H and O–H groups in total. The number of carbonyl (C=O) groups is 2. The van der Waals surface area contributed by atoms with Gasteiger partial charge in [0.15, 0.2) is 6.10 Å². The lowest BCUT2D eigenvalue weighted by atomic mass is 9.85. The van der Waals surface area contributed by atoms with Crippen LogP contribution in [-0.4, -0.2) is 108 Å². The van der Waals surface area contributed by atoms with Crippen molar-refractivity contribution >= 4 is 35.4 Å². The lowest BCUT2D eigenvalue weighted by Gasteiger charge is -2.44. The van der Waals surface area contributed by atoms with E-state index in [9.17, 15) is 63.1 Å². The Morgan fingerprint density at radius 3 is 1.42 bits per heavy atom. The zero-order valence-corrected chi connectivity index (χ0v) is 35.5. The second kappa shape index (κ2) is 29.7. The molecule has 0 saturated heterocycles. The van der Waals surface area contributed by atoms with Gasteiger partial charge in [-0.3, -0.25) is 22.9 Å². The minimum atomic E-state index is -5.58. The standard InChI is InChI=1S/C38H51O19P3/c1-3-5-7-9-11-13-15-16-17-19-21-23-25-27-32(40)54-30(28-52-31(39)26-24-22-20-18-14-12-10-8-6-4-2)29-53-60(50,51)57-38-34(42)36(55-58(44,45)46)33(41)37(35(38)43)56-59(47,48)49/h2,30,33-38,41-43H,3,5,7,9,11,13,15-17,19,21,23,25,27-29H2,1H3,(H,50,51)(H2,44,45,46)(H2,47,48,49)/t30-,33-,34+,35?,36?,37-,38?/m1/s1. The van der Waals surface area contributed by atoms with Crippen LogP contribution in [0.5, 0.6) is 0 Å². The molecule has 4 unspecified atom stereocenters. The summed E-state index contributed by atoms with van der Waals surface area (Å²) in [7, 11) is -16.7. The van der Waals surface area contributed by atoms with Gasteiger partial charge < -0.3 is 49.3 Å². The van der Waals surface area contributed by atoms with E-state index in [1.165, 1.54) is 44.9 Å². The predicted octanol–water partition coefficient (Wildman–Crippen LogP) is 2.13. The van der Waals surface area contributed by atoms with Crippen molar-refractivity contribution in [2.24, 2.45) is 0 Å². The van der Waals surface area contributed by atoms with Crippen molar-refractivity contribution < 1.29 is 90.6 Å². The van der Waals surface area contributed by atoms with Gasteiger partial charge in [-0.1, -0.05) is 84.0 Å². The minimum Gasteiger partial charge on any atom is -0.456 e. The number of phosphoric acid groups is 3. The molecule has 1 aliphatic rings. The summed E-state index contributed by atoms with van der Waals surface area (Å²) in [4.78, 5) is 72.3. The number of hydrogen-bond acceptors (Lipinski definition) is 14. The van der Waals surface area contributed by atoms with Crippen LogP contribution in [-0.2, 0) is 50.9 Å². The van der Waals surface area contributed by atoms with Crippen LogP contribution in [0, 0.1) is 71.5 Å². The Morgan fingerprint density at radius 2 is 0.983 bits per heavy atom. The molecule has 19 nitrogen and oxygen atoms in total. The van der Waals surface area contributed by atoms with E-state index < -0.39 is 91.3 Å². The molecule has 1 saturated carbocycles. The summed E-state index contributed by atoms with van der Waals surface area (Å²) in [6, 6.07) is 0. The molecule has 0 aliphatic heterocycles. The van der Waals surface area contributed by atoms with Gasteiger partial charge in [0.25, 0.3) is 0 Å². The summed E-state index contributed by atoms with van der Waals surface area (Å²) in [5.74, 6) is 22.7. The van der Waals surface area contributed by atoms with Gasteiger partial charge in [0.1, 0.15) is 43.2 Å². The van der Waals surface area contributed by atoms with Gasteiger partial charge >= 0.3 is 35.4 Å². The van der Waals surface area contributed by atoms with Crippen LogP contribution in [0.2, 0.25) is 0 Å². The van der Waals surface area contributed by atoms with E-state index in [1.807, 2.05) is 5.92 Å². The Labute approximate surface area is 349 Å². The van der Waals surface area contributed by atoms with Crippen LogP contribution in [0.4, 0.5) is 0 Å². The van der Waals surface area contributed by atoms with Crippen LogP contribution in [0.15, 0.2) is 0 Å². The van der Waals surface area contributed by atoms with Crippen molar-refractivity contribution in [3.8, 4) is 71.5 Å². The first-order valence-corrected chi connectivity index (χ1v) is 23.4. The number of hydrogen-bond donors (Lipinski definition) is 8. The molecule has 0 spiro atoms. The molecule has 0 aromatic carbocycles. The van der Waals surface area contributed by atoms with E-state index in [-0.39, 0.29) is 6.42 Å². The Bertz CT molecular complexity index is 1840. The summed E-state index contributed by atoms with van der Waals surface area (Å²) in [5.41, 5.74) is 0. The second-order valence-electron chi connectivity index (χ2n) is 13.0. The summed E-state index contributed by atoms with van der Waals surface area (Å²) in [6.07, 6.45) is 1.87. The van der Waals surface area contributed by atoms with Crippen LogP contribution in [0.1, 0.15) is 96.8 Å². The number of carbonyl (C=O) groups excluding carboxylic acids is 2. The van der Waals surface area contributed by atoms with Gasteiger partial charge in [-0.05, 0) is 65.6 Å². The molecule has 0 heterocycles. The Kier molecular flexibility index (Phi) is 27.0. The maximum absolute atomic E-state index is 13.0. The molecule has 0 aromatic heterocycles. The van der Waals surface area contributed by atoms with Crippen LogP contribution in [0.3, 0.4) is 0 Å². The number of unbranched alkanes of at least 4 members (excludes halogenated alkanes) is 12. The second-order valence-corrected chi connectivity index (χ2v) is 16.8. The highest BCUT2D eigenvalue weighted by molar-refractivity contribution is 7.47. The Morgan fingerprint density at radius 1 is 0.583 bits per heavy atom. The van der Waals surface area contributed by atoms with E-state index in [4.69, 9.17) is 24.9 Å². The molecule has 0 bridgehead atoms. The highest BCUT2D eigenvalue weighted by Crippen LogP contribution is 2.51. The minimum absolute atomic E-state index is 0.0858. The van der Waals surface area contributed by atoms with Gasteiger partial charge in [0.05, 0.1) is 6.61 Å². The van der Waals surface area contributed by atoms with Crippen LogP contribution < -0.4 is 0 Å². The SMILES string of the molecule is C#CC#CC#CC#CC#CC#CC(=O)OC[C@H](COP(=O)(O)OC1C(O)[C@H](OP(=O)(O)O)[C@H](O)C(OP(=O)(O)O)[C@@H]1O)OC(=O)CCCCCCCCCCCCCCC. The fourth-order valence-corrected chi connectivity index (χ4v) is 7.52. The number of terminal acetylenes is 1. The van der Waals surface area contributed by atoms with Crippen LogP contribution in [0.25, 0.3) is 0 Å². The fraction of sp³-hybridized carbons (Fsp3) is 0.632. The number of aliphatic hydroxyl groups excluding tert-OH is 3. The largest absolute Gasteiger partial charge is 0.472 e. The molecule has 1 fully saturated rings. The van der Waals surface area contributed by atoms with E-state index in [2.05, 4.69) is 75.2 Å².